The molecule has 0 unspecified atom stereocenters. The number of nitrogens with zero attached hydrogens (tertiary/aromatic N) is 3. The van der Waals surface area contributed by atoms with E-state index in [4.69, 9.17) is 16.9 Å². The normalized spacial score (nSPS) is 13.8. The van der Waals surface area contributed by atoms with Crippen LogP contribution in [0, 0.1) is 17.1 Å². The zero-order valence-electron chi connectivity index (χ0n) is 10.4. The molecule has 2 aromatic rings. The van der Waals surface area contributed by atoms with Crippen molar-refractivity contribution in [3.63, 3.8) is 0 Å². The number of halogens is 2. The smallest absolute Gasteiger partial charge is 0.143 e. The minimum Gasteiger partial charge on any atom is -0.339 e. The van der Waals surface area contributed by atoms with Gasteiger partial charge in [-0.3, -0.25) is 0 Å². The summed E-state index contributed by atoms with van der Waals surface area (Å²) >= 11 is 5.96. The lowest BCUT2D eigenvalue weighted by Gasteiger charge is -2.09. The summed E-state index contributed by atoms with van der Waals surface area (Å²) in [4.78, 5) is 8.53. The van der Waals surface area contributed by atoms with Crippen LogP contribution >= 0.6 is 11.6 Å². The molecule has 1 heterocycles. The third kappa shape index (κ3) is 2.56. The summed E-state index contributed by atoms with van der Waals surface area (Å²) in [6.45, 7) is 0. The number of nitrogens with one attached hydrogen (secondary N) is 1. The SMILES string of the molecule is N#Cc1c(F)cccc1Nc1cc(Cl)nc(C2CC2)n1. The lowest BCUT2D eigenvalue weighted by atomic mass is 10.2. The summed E-state index contributed by atoms with van der Waals surface area (Å²) in [6.07, 6.45) is 2.12. The van der Waals surface area contributed by atoms with E-state index >= 15 is 0 Å². The first-order valence-corrected chi connectivity index (χ1v) is 6.55. The highest BCUT2D eigenvalue weighted by atomic mass is 35.5. The zero-order chi connectivity index (χ0) is 14.1. The molecule has 0 radical (unpaired) electrons. The Morgan fingerprint density at radius 2 is 2.15 bits per heavy atom. The Kier molecular flexibility index (Phi) is 3.25. The molecule has 1 aliphatic carbocycles. The van der Waals surface area contributed by atoms with Crippen LogP contribution in [0.3, 0.4) is 0 Å². The van der Waals surface area contributed by atoms with E-state index in [2.05, 4.69) is 15.3 Å². The molecule has 1 fully saturated rings. The average molecular weight is 289 g/mol. The highest BCUT2D eigenvalue weighted by Crippen LogP contribution is 2.39. The number of benzene rings is 1. The maximum atomic E-state index is 13.5. The molecule has 0 saturated heterocycles. The zero-order valence-corrected chi connectivity index (χ0v) is 11.2. The molecule has 0 bridgehead atoms. The second-order valence-electron chi connectivity index (χ2n) is 4.61. The summed E-state index contributed by atoms with van der Waals surface area (Å²) in [5, 5.41) is 12.3. The number of rotatable bonds is 3. The molecule has 0 spiro atoms. The second-order valence-corrected chi connectivity index (χ2v) is 4.99. The van der Waals surface area contributed by atoms with Crippen LogP contribution in [0.15, 0.2) is 24.3 Å². The van der Waals surface area contributed by atoms with Crippen LogP contribution in [0.4, 0.5) is 15.9 Å². The Morgan fingerprint density at radius 3 is 2.85 bits per heavy atom. The summed E-state index contributed by atoms with van der Waals surface area (Å²) in [6, 6.07) is 7.78. The Morgan fingerprint density at radius 1 is 1.35 bits per heavy atom. The van der Waals surface area contributed by atoms with Gasteiger partial charge in [0.1, 0.15) is 34.2 Å². The quantitative estimate of drug-likeness (QED) is 0.874. The third-order valence-corrected chi connectivity index (χ3v) is 3.24. The van der Waals surface area contributed by atoms with Gasteiger partial charge in [-0.05, 0) is 25.0 Å². The average Bonchev–Trinajstić information content (AvgIpc) is 3.22. The van der Waals surface area contributed by atoms with E-state index in [0.717, 1.165) is 12.8 Å². The van der Waals surface area contributed by atoms with Gasteiger partial charge in [-0.25, -0.2) is 14.4 Å². The van der Waals surface area contributed by atoms with Crippen LogP contribution in [0.2, 0.25) is 5.15 Å². The number of hydrogen-bond acceptors (Lipinski definition) is 4. The first-order valence-electron chi connectivity index (χ1n) is 6.17. The minimum atomic E-state index is -0.569. The van der Waals surface area contributed by atoms with Crippen LogP contribution in [0.25, 0.3) is 0 Å². The maximum Gasteiger partial charge on any atom is 0.143 e. The van der Waals surface area contributed by atoms with E-state index < -0.39 is 5.82 Å². The molecule has 1 aromatic carbocycles. The molecule has 4 nitrogen and oxygen atoms in total. The Bertz CT molecular complexity index is 707. The standard InChI is InChI=1S/C14H10ClFN4/c15-12-6-13(20-14(19-12)8-4-5-8)18-11-3-1-2-10(16)9(11)7-17/h1-3,6,8H,4-5H2,(H,18,19,20). The molecular formula is C14H10ClFN4. The van der Waals surface area contributed by atoms with Crippen molar-refractivity contribution in [2.24, 2.45) is 0 Å². The Balaban J connectivity index is 1.95. The molecule has 0 atom stereocenters. The summed E-state index contributed by atoms with van der Waals surface area (Å²) in [7, 11) is 0. The van der Waals surface area contributed by atoms with E-state index in [0.29, 0.717) is 28.4 Å². The van der Waals surface area contributed by atoms with Crippen LogP contribution in [0.5, 0.6) is 0 Å². The minimum absolute atomic E-state index is 0.0461. The van der Waals surface area contributed by atoms with Crippen LogP contribution < -0.4 is 5.32 Å². The Hall–Kier alpha value is -2.19. The van der Waals surface area contributed by atoms with Gasteiger partial charge in [-0.1, -0.05) is 17.7 Å². The molecule has 0 amide bonds. The van der Waals surface area contributed by atoms with Gasteiger partial charge in [-0.15, -0.1) is 0 Å². The monoisotopic (exact) mass is 288 g/mol. The number of nitriles is 1. The lowest BCUT2D eigenvalue weighted by Crippen LogP contribution is -2.01. The fraction of sp³-hybridized carbons (Fsp3) is 0.214. The summed E-state index contributed by atoms with van der Waals surface area (Å²) in [5.74, 6) is 0.946. The molecule has 6 heteroatoms. The third-order valence-electron chi connectivity index (χ3n) is 3.04. The molecule has 0 aliphatic heterocycles. The summed E-state index contributed by atoms with van der Waals surface area (Å²) < 4.78 is 13.5. The van der Waals surface area contributed by atoms with Gasteiger partial charge in [0.15, 0.2) is 0 Å². The molecule has 1 aliphatic rings. The molecule has 1 aromatic heterocycles. The van der Waals surface area contributed by atoms with Crippen molar-refractivity contribution in [2.45, 2.75) is 18.8 Å². The predicted octanol–water partition coefficient (Wildman–Crippen LogP) is 3.76. The van der Waals surface area contributed by atoms with Gasteiger partial charge in [0.05, 0.1) is 5.69 Å². The van der Waals surface area contributed by atoms with Crippen molar-refractivity contribution < 1.29 is 4.39 Å². The van der Waals surface area contributed by atoms with Crippen molar-refractivity contribution in [2.75, 3.05) is 5.32 Å². The van der Waals surface area contributed by atoms with Gasteiger partial charge < -0.3 is 5.32 Å². The number of aromatic nitrogens is 2. The highest BCUT2D eigenvalue weighted by Gasteiger charge is 2.27. The first kappa shape index (κ1) is 12.8. The van der Waals surface area contributed by atoms with E-state index in [-0.39, 0.29) is 5.56 Å². The Labute approximate surface area is 120 Å². The van der Waals surface area contributed by atoms with E-state index in [1.807, 2.05) is 6.07 Å². The van der Waals surface area contributed by atoms with Gasteiger partial charge in [0, 0.05) is 12.0 Å². The lowest BCUT2D eigenvalue weighted by molar-refractivity contribution is 0.624. The van der Waals surface area contributed by atoms with Crippen LogP contribution in [-0.2, 0) is 0 Å². The number of anilines is 2. The second kappa shape index (κ2) is 5.06. The highest BCUT2D eigenvalue weighted by molar-refractivity contribution is 6.29. The molecular weight excluding hydrogens is 279 g/mol. The van der Waals surface area contributed by atoms with Crippen LogP contribution in [0.1, 0.15) is 30.1 Å². The molecule has 3 rings (SSSR count). The van der Waals surface area contributed by atoms with Crippen molar-refractivity contribution in [3.8, 4) is 6.07 Å². The first-order chi connectivity index (χ1) is 9.67. The molecule has 1 saturated carbocycles. The molecule has 20 heavy (non-hydrogen) atoms. The van der Waals surface area contributed by atoms with Crippen LogP contribution in [-0.4, -0.2) is 9.97 Å². The predicted molar refractivity (Wildman–Crippen MR) is 73.4 cm³/mol. The van der Waals surface area contributed by atoms with Crippen molar-refractivity contribution in [1.82, 2.24) is 9.97 Å². The van der Waals surface area contributed by atoms with Gasteiger partial charge in [0.2, 0.25) is 0 Å². The molecule has 100 valence electrons. The van der Waals surface area contributed by atoms with Crippen molar-refractivity contribution in [1.29, 1.82) is 5.26 Å². The van der Waals surface area contributed by atoms with Gasteiger partial charge in [0.25, 0.3) is 0 Å². The van der Waals surface area contributed by atoms with Gasteiger partial charge in [-0.2, -0.15) is 5.26 Å². The fourth-order valence-corrected chi connectivity index (χ4v) is 2.09. The van der Waals surface area contributed by atoms with Crippen molar-refractivity contribution >= 4 is 23.1 Å². The molecule has 1 N–H and O–H groups in total. The fourth-order valence-electron chi connectivity index (χ4n) is 1.90. The summed E-state index contributed by atoms with van der Waals surface area (Å²) in [5.41, 5.74) is 0.319. The van der Waals surface area contributed by atoms with Crippen molar-refractivity contribution in [3.05, 3.63) is 46.6 Å². The largest absolute Gasteiger partial charge is 0.339 e. The maximum absolute atomic E-state index is 13.5. The number of hydrogen-bond donors (Lipinski definition) is 1. The van der Waals surface area contributed by atoms with Gasteiger partial charge >= 0.3 is 0 Å². The van der Waals surface area contributed by atoms with E-state index in [1.54, 1.807) is 12.1 Å². The topological polar surface area (TPSA) is 61.6 Å². The van der Waals surface area contributed by atoms with E-state index in [1.165, 1.54) is 12.1 Å². The van der Waals surface area contributed by atoms with E-state index in [9.17, 15) is 4.39 Å².